The molecule has 0 atom stereocenters. The fourth-order valence-corrected chi connectivity index (χ4v) is 2.60. The van der Waals surface area contributed by atoms with Gasteiger partial charge in [-0.25, -0.2) is 4.98 Å². The molecule has 3 heterocycles. The lowest BCUT2D eigenvalue weighted by Crippen LogP contribution is -2.41. The Labute approximate surface area is 132 Å². The highest BCUT2D eigenvalue weighted by Crippen LogP contribution is 2.37. The lowest BCUT2D eigenvalue weighted by molar-refractivity contribution is 0.00578. The highest BCUT2D eigenvalue weighted by atomic mass is 16.7. The van der Waals surface area contributed by atoms with Gasteiger partial charge in [-0.2, -0.15) is 0 Å². The van der Waals surface area contributed by atoms with Gasteiger partial charge in [-0.3, -0.25) is 0 Å². The number of rotatable bonds is 3. The summed E-state index contributed by atoms with van der Waals surface area (Å²) < 4.78 is 23.7. The van der Waals surface area contributed by atoms with Crippen LogP contribution in [0.5, 0.6) is 5.88 Å². The third-order valence-electron chi connectivity index (χ3n) is 4.75. The molecule has 0 saturated carbocycles. The first-order valence-corrected chi connectivity index (χ1v) is 7.94. The van der Waals surface area contributed by atoms with Crippen molar-refractivity contribution >= 4 is 12.6 Å². The molecule has 0 N–H and O–H groups in total. The Balaban J connectivity index is 1.80. The first-order valence-electron chi connectivity index (χ1n) is 7.94. The van der Waals surface area contributed by atoms with E-state index < -0.39 is 7.12 Å². The van der Waals surface area contributed by atoms with Gasteiger partial charge in [-0.15, -0.1) is 0 Å². The van der Waals surface area contributed by atoms with Crippen LogP contribution in [0.2, 0.25) is 0 Å². The van der Waals surface area contributed by atoms with Crippen LogP contribution in [0, 0.1) is 0 Å². The Kier molecular flexibility index (Phi) is 4.18. The number of aromatic nitrogens is 1. The van der Waals surface area contributed by atoms with Crippen molar-refractivity contribution in [3.63, 3.8) is 0 Å². The molecule has 2 aliphatic heterocycles. The Morgan fingerprint density at radius 3 is 2.41 bits per heavy atom. The number of nitrogens with zero attached hydrogens (tertiary/aromatic N) is 1. The van der Waals surface area contributed by atoms with Gasteiger partial charge in [-0.05, 0) is 33.8 Å². The van der Waals surface area contributed by atoms with E-state index in [4.69, 9.17) is 18.8 Å². The number of ether oxygens (including phenoxy) is 2. The fraction of sp³-hybridized carbons (Fsp3) is 0.688. The normalized spacial score (nSPS) is 24.5. The van der Waals surface area contributed by atoms with Crippen LogP contribution in [0.25, 0.3) is 0 Å². The van der Waals surface area contributed by atoms with Crippen LogP contribution in [-0.4, -0.2) is 42.6 Å². The zero-order valence-electron chi connectivity index (χ0n) is 13.8. The van der Waals surface area contributed by atoms with Gasteiger partial charge in [0.1, 0.15) is 6.10 Å². The summed E-state index contributed by atoms with van der Waals surface area (Å²) in [6.07, 6.45) is 3.66. The Bertz CT molecular complexity index is 513. The zero-order chi connectivity index (χ0) is 15.8. The molecule has 0 aromatic carbocycles. The molecule has 6 heteroatoms. The van der Waals surface area contributed by atoms with E-state index in [1.165, 1.54) is 0 Å². The van der Waals surface area contributed by atoms with Crippen molar-refractivity contribution in [1.29, 1.82) is 0 Å². The van der Waals surface area contributed by atoms with Crippen LogP contribution >= 0.6 is 0 Å². The topological polar surface area (TPSA) is 49.8 Å². The minimum Gasteiger partial charge on any atom is -0.474 e. The summed E-state index contributed by atoms with van der Waals surface area (Å²) in [6.45, 7) is 9.65. The molecule has 0 amide bonds. The molecule has 3 rings (SSSR count). The summed E-state index contributed by atoms with van der Waals surface area (Å²) in [7, 11) is -0.450. The van der Waals surface area contributed by atoms with Crippen molar-refractivity contribution in [2.45, 2.75) is 57.8 Å². The molecule has 0 aliphatic carbocycles. The van der Waals surface area contributed by atoms with Gasteiger partial charge in [0, 0.05) is 24.5 Å². The smallest absolute Gasteiger partial charge is 0.474 e. The third-order valence-corrected chi connectivity index (χ3v) is 4.75. The van der Waals surface area contributed by atoms with E-state index in [0.29, 0.717) is 5.88 Å². The predicted molar refractivity (Wildman–Crippen MR) is 84.4 cm³/mol. The maximum Gasteiger partial charge on any atom is 0.500 e. The maximum atomic E-state index is 6.11. The maximum absolute atomic E-state index is 6.11. The van der Waals surface area contributed by atoms with Crippen LogP contribution in [0.3, 0.4) is 0 Å². The molecule has 1 aromatic heterocycles. The molecular weight excluding hydrogens is 281 g/mol. The molecule has 22 heavy (non-hydrogen) atoms. The van der Waals surface area contributed by atoms with Crippen LogP contribution in [0.4, 0.5) is 0 Å². The first kappa shape index (κ1) is 15.8. The minimum absolute atomic E-state index is 0.143. The van der Waals surface area contributed by atoms with Gasteiger partial charge >= 0.3 is 7.12 Å². The van der Waals surface area contributed by atoms with Crippen molar-refractivity contribution < 1.29 is 18.8 Å². The molecule has 0 spiro atoms. The van der Waals surface area contributed by atoms with Gasteiger partial charge in [0.2, 0.25) is 5.88 Å². The molecule has 0 unspecified atom stereocenters. The second-order valence-electron chi connectivity index (χ2n) is 6.92. The number of pyridine rings is 1. The fourth-order valence-electron chi connectivity index (χ4n) is 2.60. The second-order valence-corrected chi connectivity index (χ2v) is 6.92. The van der Waals surface area contributed by atoms with Gasteiger partial charge in [-0.1, -0.05) is 6.07 Å². The Morgan fingerprint density at radius 2 is 1.77 bits per heavy atom. The largest absolute Gasteiger partial charge is 0.500 e. The van der Waals surface area contributed by atoms with Crippen molar-refractivity contribution in [2.24, 2.45) is 0 Å². The van der Waals surface area contributed by atoms with Crippen LogP contribution < -0.4 is 10.2 Å². The second kappa shape index (κ2) is 5.83. The standard InChI is InChI=1S/C16H24BNO4/c1-15(2)16(3,4)22-17(21-15)13-6-5-9-18-14(13)20-12-7-10-19-11-8-12/h5-6,9,12H,7-8,10-11H2,1-4H3. The van der Waals surface area contributed by atoms with Gasteiger partial charge in [0.05, 0.1) is 24.4 Å². The average Bonchev–Trinajstić information content (AvgIpc) is 2.69. The highest BCUT2D eigenvalue weighted by Gasteiger charge is 2.52. The molecule has 2 saturated heterocycles. The van der Waals surface area contributed by atoms with Crippen LogP contribution in [-0.2, 0) is 14.0 Å². The monoisotopic (exact) mass is 305 g/mol. The van der Waals surface area contributed by atoms with Gasteiger partial charge in [0.25, 0.3) is 0 Å². The van der Waals surface area contributed by atoms with E-state index in [0.717, 1.165) is 31.5 Å². The zero-order valence-corrected chi connectivity index (χ0v) is 13.8. The van der Waals surface area contributed by atoms with Crippen molar-refractivity contribution in [1.82, 2.24) is 4.98 Å². The first-order chi connectivity index (χ1) is 10.4. The van der Waals surface area contributed by atoms with E-state index in [9.17, 15) is 0 Å². The summed E-state index contributed by atoms with van der Waals surface area (Å²) in [4.78, 5) is 4.39. The highest BCUT2D eigenvalue weighted by molar-refractivity contribution is 6.63. The Hall–Kier alpha value is -1.11. The summed E-state index contributed by atoms with van der Waals surface area (Å²) >= 11 is 0. The molecule has 5 nitrogen and oxygen atoms in total. The summed E-state index contributed by atoms with van der Waals surface area (Å²) in [5.74, 6) is 0.605. The van der Waals surface area contributed by atoms with E-state index >= 15 is 0 Å². The number of hydrogen-bond acceptors (Lipinski definition) is 5. The van der Waals surface area contributed by atoms with E-state index in [-0.39, 0.29) is 17.3 Å². The quantitative estimate of drug-likeness (QED) is 0.799. The molecule has 2 fully saturated rings. The van der Waals surface area contributed by atoms with E-state index in [2.05, 4.69) is 4.98 Å². The average molecular weight is 305 g/mol. The van der Waals surface area contributed by atoms with Gasteiger partial charge < -0.3 is 18.8 Å². The lowest BCUT2D eigenvalue weighted by atomic mass is 9.79. The molecule has 0 radical (unpaired) electrons. The molecule has 2 aliphatic rings. The van der Waals surface area contributed by atoms with E-state index in [1.54, 1.807) is 6.20 Å². The van der Waals surface area contributed by atoms with Crippen LogP contribution in [0.15, 0.2) is 18.3 Å². The summed E-state index contributed by atoms with van der Waals surface area (Å²) in [5, 5.41) is 0. The summed E-state index contributed by atoms with van der Waals surface area (Å²) in [5.41, 5.74) is 0.111. The molecule has 1 aromatic rings. The van der Waals surface area contributed by atoms with Crippen LogP contribution in [0.1, 0.15) is 40.5 Å². The van der Waals surface area contributed by atoms with Crippen molar-refractivity contribution in [2.75, 3.05) is 13.2 Å². The molecular formula is C16H24BNO4. The minimum atomic E-state index is -0.450. The molecule has 0 bridgehead atoms. The number of hydrogen-bond donors (Lipinski definition) is 0. The Morgan fingerprint density at radius 1 is 1.14 bits per heavy atom. The molecule has 120 valence electrons. The predicted octanol–water partition coefficient (Wildman–Crippen LogP) is 1.94. The third kappa shape index (κ3) is 3.00. The van der Waals surface area contributed by atoms with Crippen molar-refractivity contribution in [3.05, 3.63) is 18.3 Å². The SMILES string of the molecule is CC1(C)OB(c2cccnc2OC2CCOCC2)OC1(C)C. The summed E-state index contributed by atoms with van der Waals surface area (Å²) in [6, 6.07) is 3.85. The van der Waals surface area contributed by atoms with Crippen molar-refractivity contribution in [3.8, 4) is 5.88 Å². The van der Waals surface area contributed by atoms with Gasteiger partial charge in [0.15, 0.2) is 0 Å². The lowest BCUT2D eigenvalue weighted by Gasteiger charge is -2.32. The van der Waals surface area contributed by atoms with E-state index in [1.807, 2.05) is 39.8 Å².